The Hall–Kier alpha value is -4.11. The average Bonchev–Trinajstić information content (AvgIpc) is 3.22. The zero-order valence-corrected chi connectivity index (χ0v) is 18.9. The number of rotatable bonds is 4. The van der Waals surface area contributed by atoms with Gasteiger partial charge in [0.2, 0.25) is 10.0 Å². The molecule has 0 spiro atoms. The Balaban J connectivity index is 1.91. The molecule has 0 atom stereocenters. The van der Waals surface area contributed by atoms with Crippen molar-refractivity contribution in [3.8, 4) is 40.0 Å². The van der Waals surface area contributed by atoms with Gasteiger partial charge in [-0.25, -0.2) is 23.2 Å². The van der Waals surface area contributed by atoms with Crippen molar-refractivity contribution in [2.75, 3.05) is 0 Å². The number of nitrogens with two attached hydrogens (primary N) is 1. The number of aromatic hydroxyl groups is 2. The summed E-state index contributed by atoms with van der Waals surface area (Å²) in [5.41, 5.74) is -2.69. The van der Waals surface area contributed by atoms with Crippen LogP contribution >= 0.6 is 0 Å². The molecule has 8 nitrogen and oxygen atoms in total. The zero-order valence-electron chi connectivity index (χ0n) is 18.1. The predicted octanol–water partition coefficient (Wildman–Crippen LogP) is 4.70. The summed E-state index contributed by atoms with van der Waals surface area (Å²) < 4.78 is 102. The lowest BCUT2D eigenvalue weighted by Gasteiger charge is -2.11. The highest BCUT2D eigenvalue weighted by Crippen LogP contribution is 2.39. The lowest BCUT2D eigenvalue weighted by Crippen LogP contribution is -2.12. The van der Waals surface area contributed by atoms with Crippen molar-refractivity contribution in [2.24, 2.45) is 5.14 Å². The summed E-state index contributed by atoms with van der Waals surface area (Å²) in [4.78, 5) is 3.86. The molecule has 0 unspecified atom stereocenters. The third-order valence-electron chi connectivity index (χ3n) is 5.15. The molecular weight excluding hydrogens is 530 g/mol. The lowest BCUT2D eigenvalue weighted by atomic mass is 10.1. The number of primary sulfonamides is 1. The summed E-state index contributed by atoms with van der Waals surface area (Å²) in [6.07, 6.45) is -9.50. The van der Waals surface area contributed by atoms with E-state index in [2.05, 4.69) is 10.1 Å². The highest BCUT2D eigenvalue weighted by molar-refractivity contribution is 7.89. The average molecular weight is 544 g/mol. The van der Waals surface area contributed by atoms with Crippen molar-refractivity contribution in [2.45, 2.75) is 17.2 Å². The largest absolute Gasteiger partial charge is 0.507 e. The number of alkyl halides is 6. The first kappa shape index (κ1) is 26.0. The molecule has 4 aromatic rings. The van der Waals surface area contributed by atoms with E-state index in [-0.39, 0.29) is 33.4 Å². The second-order valence-corrected chi connectivity index (χ2v) is 9.23. The van der Waals surface area contributed by atoms with E-state index in [0.717, 1.165) is 28.9 Å². The van der Waals surface area contributed by atoms with Gasteiger partial charge >= 0.3 is 12.4 Å². The molecular formula is C22H14F6N4O4S. The van der Waals surface area contributed by atoms with Crippen molar-refractivity contribution < 1.29 is 45.0 Å². The number of hydrogen-bond donors (Lipinski definition) is 3. The number of nitrogens with zero attached hydrogens (tertiary/aromatic N) is 3. The molecule has 0 saturated heterocycles. The predicted molar refractivity (Wildman–Crippen MR) is 117 cm³/mol. The quantitative estimate of drug-likeness (QED) is 0.319. The first-order valence-electron chi connectivity index (χ1n) is 9.97. The Morgan fingerprint density at radius 1 is 0.757 bits per heavy atom. The molecule has 4 rings (SSSR count). The van der Waals surface area contributed by atoms with Crippen LogP contribution in [0.25, 0.3) is 28.5 Å². The highest BCUT2D eigenvalue weighted by Gasteiger charge is 2.33. The number of aromatic nitrogens is 3. The number of phenols is 2. The van der Waals surface area contributed by atoms with Gasteiger partial charge in [0.25, 0.3) is 0 Å². The Morgan fingerprint density at radius 2 is 1.24 bits per heavy atom. The summed E-state index contributed by atoms with van der Waals surface area (Å²) in [5.74, 6) is -2.27. The molecule has 1 heterocycles. The molecule has 3 aromatic carbocycles. The molecule has 0 aliphatic rings. The molecule has 0 amide bonds. The number of sulfonamides is 1. The van der Waals surface area contributed by atoms with Gasteiger partial charge in [0.1, 0.15) is 11.5 Å². The van der Waals surface area contributed by atoms with Gasteiger partial charge < -0.3 is 10.2 Å². The topological polar surface area (TPSA) is 131 Å². The Labute approximate surface area is 204 Å². The fourth-order valence-corrected chi connectivity index (χ4v) is 3.87. The smallest absolute Gasteiger partial charge is 0.416 e. The SMILES string of the molecule is NS(=O)(=O)c1ccc(-n2nc(-c3ccc(C(F)(F)F)cc3O)nc2-c2ccc(C(F)(F)F)cc2O)cc1. The van der Waals surface area contributed by atoms with Crippen molar-refractivity contribution >= 4 is 10.0 Å². The highest BCUT2D eigenvalue weighted by atomic mass is 32.2. The van der Waals surface area contributed by atoms with Gasteiger partial charge in [0.15, 0.2) is 11.6 Å². The van der Waals surface area contributed by atoms with Crippen LogP contribution in [0.5, 0.6) is 11.5 Å². The van der Waals surface area contributed by atoms with Crippen molar-refractivity contribution in [1.82, 2.24) is 14.8 Å². The maximum Gasteiger partial charge on any atom is 0.416 e. The standard InChI is InChI=1S/C22H14F6N4O4S/c23-21(24,25)11-1-7-15(17(33)9-11)19-30-20(16-8-2-12(10-18(16)34)22(26,27)28)32(31-19)13-3-5-14(6-4-13)37(29,35)36/h1-10,33-34H,(H2,29,35,36). The minimum Gasteiger partial charge on any atom is -0.507 e. The molecule has 15 heteroatoms. The summed E-state index contributed by atoms with van der Waals surface area (Å²) >= 11 is 0. The molecule has 4 N–H and O–H groups in total. The maximum absolute atomic E-state index is 13.1. The van der Waals surface area contributed by atoms with Gasteiger partial charge in [0, 0.05) is 0 Å². The van der Waals surface area contributed by atoms with E-state index in [0.29, 0.717) is 24.3 Å². The molecule has 0 aliphatic heterocycles. The molecule has 1 aromatic heterocycles. The van der Waals surface area contributed by atoms with Crippen LogP contribution in [-0.4, -0.2) is 33.4 Å². The maximum atomic E-state index is 13.1. The van der Waals surface area contributed by atoms with E-state index in [1.165, 1.54) is 12.1 Å². The van der Waals surface area contributed by atoms with E-state index >= 15 is 0 Å². The molecule has 0 fully saturated rings. The number of hydrogen-bond acceptors (Lipinski definition) is 6. The second-order valence-electron chi connectivity index (χ2n) is 7.67. The molecule has 0 radical (unpaired) electrons. The van der Waals surface area contributed by atoms with E-state index < -0.39 is 45.0 Å². The summed E-state index contributed by atoms with van der Waals surface area (Å²) in [7, 11) is -4.07. The van der Waals surface area contributed by atoms with Crippen LogP contribution in [0.15, 0.2) is 65.6 Å². The normalized spacial score (nSPS) is 12.6. The lowest BCUT2D eigenvalue weighted by molar-refractivity contribution is -0.138. The first-order valence-corrected chi connectivity index (χ1v) is 11.5. The Kier molecular flexibility index (Phi) is 6.16. The van der Waals surface area contributed by atoms with E-state index in [1.807, 2.05) is 0 Å². The van der Waals surface area contributed by atoms with Crippen LogP contribution in [0.3, 0.4) is 0 Å². The van der Waals surface area contributed by atoms with Crippen LogP contribution in [0, 0.1) is 0 Å². The third-order valence-corrected chi connectivity index (χ3v) is 6.08. The van der Waals surface area contributed by atoms with E-state index in [4.69, 9.17) is 5.14 Å². The Morgan fingerprint density at radius 3 is 1.68 bits per heavy atom. The van der Waals surface area contributed by atoms with Crippen molar-refractivity contribution in [1.29, 1.82) is 0 Å². The van der Waals surface area contributed by atoms with Gasteiger partial charge in [-0.2, -0.15) is 26.3 Å². The van der Waals surface area contributed by atoms with E-state index in [9.17, 15) is 45.0 Å². The van der Waals surface area contributed by atoms with Crippen LogP contribution in [0.4, 0.5) is 26.3 Å². The van der Waals surface area contributed by atoms with Gasteiger partial charge in [-0.05, 0) is 60.7 Å². The summed E-state index contributed by atoms with van der Waals surface area (Å²) in [6, 6.07) is 8.74. The number of phenolic OH excluding ortho intramolecular Hbond substituents is 2. The molecule has 194 valence electrons. The molecule has 37 heavy (non-hydrogen) atoms. The molecule has 0 bridgehead atoms. The van der Waals surface area contributed by atoms with Gasteiger partial charge in [-0.1, -0.05) is 0 Å². The third kappa shape index (κ3) is 5.22. The number of halogens is 6. The minimum atomic E-state index is -4.76. The fourth-order valence-electron chi connectivity index (χ4n) is 3.35. The van der Waals surface area contributed by atoms with Gasteiger partial charge in [-0.15, -0.1) is 5.10 Å². The van der Waals surface area contributed by atoms with E-state index in [1.54, 1.807) is 0 Å². The molecule has 0 aliphatic carbocycles. The summed E-state index contributed by atoms with van der Waals surface area (Å²) in [6.45, 7) is 0. The van der Waals surface area contributed by atoms with Crippen LogP contribution in [0.2, 0.25) is 0 Å². The monoisotopic (exact) mass is 544 g/mol. The zero-order chi connectivity index (χ0) is 27.3. The van der Waals surface area contributed by atoms with Crippen LogP contribution in [0.1, 0.15) is 11.1 Å². The van der Waals surface area contributed by atoms with Crippen LogP contribution < -0.4 is 5.14 Å². The van der Waals surface area contributed by atoms with Crippen molar-refractivity contribution in [3.63, 3.8) is 0 Å². The second kappa shape index (κ2) is 8.77. The van der Waals surface area contributed by atoms with Crippen LogP contribution in [-0.2, 0) is 22.4 Å². The minimum absolute atomic E-state index is 0.104. The van der Waals surface area contributed by atoms with Gasteiger partial charge in [-0.3, -0.25) is 0 Å². The molecule has 0 saturated carbocycles. The van der Waals surface area contributed by atoms with Gasteiger partial charge in [0.05, 0.1) is 32.8 Å². The first-order chi connectivity index (χ1) is 17.1. The fraction of sp³-hybridized carbons (Fsp3) is 0.0909. The Bertz CT molecular complexity index is 1600. The summed E-state index contributed by atoms with van der Waals surface area (Å²) in [5, 5.41) is 29.8. The number of benzene rings is 3. The van der Waals surface area contributed by atoms with Crippen molar-refractivity contribution in [3.05, 3.63) is 71.8 Å².